The first-order valence-electron chi connectivity index (χ1n) is 4.30. The molecule has 0 fully saturated rings. The maximum absolute atomic E-state index is 10.6. The highest BCUT2D eigenvalue weighted by atomic mass is 35.7. The van der Waals surface area contributed by atoms with Crippen LogP contribution in [0.1, 0.15) is 5.56 Å². The zero-order valence-corrected chi connectivity index (χ0v) is 10.2. The van der Waals surface area contributed by atoms with Crippen LogP contribution in [0.25, 0.3) is 0 Å². The third-order valence-corrected chi connectivity index (χ3v) is 3.09. The fraction of sp³-hybridized carbons (Fsp3) is 0.200. The largest absolute Gasteiger partial charge is 0.236 e. The first-order chi connectivity index (χ1) is 6.99. The molecule has 0 saturated carbocycles. The van der Waals surface area contributed by atoms with Crippen LogP contribution < -0.4 is 0 Å². The fourth-order valence-electron chi connectivity index (χ4n) is 1.06. The zero-order valence-electron chi connectivity index (χ0n) is 7.86. The van der Waals surface area contributed by atoms with Gasteiger partial charge in [0, 0.05) is 15.7 Å². The van der Waals surface area contributed by atoms with Gasteiger partial charge in [0.25, 0.3) is 0 Å². The predicted molar refractivity (Wildman–Crippen MR) is 63.9 cm³/mol. The monoisotopic (exact) mass is 264 g/mol. The summed E-state index contributed by atoms with van der Waals surface area (Å²) in [5, 5.41) is 0.677. The van der Waals surface area contributed by atoms with Gasteiger partial charge in [-0.1, -0.05) is 42.0 Å². The van der Waals surface area contributed by atoms with Crippen LogP contribution >= 0.6 is 22.3 Å². The van der Waals surface area contributed by atoms with Gasteiger partial charge in [-0.05, 0) is 18.1 Å². The fourth-order valence-corrected chi connectivity index (χ4v) is 1.85. The van der Waals surface area contributed by atoms with Crippen molar-refractivity contribution in [1.29, 1.82) is 0 Å². The smallest absolute Gasteiger partial charge is 0.212 e. The van der Waals surface area contributed by atoms with Crippen LogP contribution in [-0.2, 0) is 15.5 Å². The molecule has 0 aliphatic heterocycles. The van der Waals surface area contributed by atoms with E-state index in [-0.39, 0.29) is 5.75 Å². The molecule has 15 heavy (non-hydrogen) atoms. The molecule has 2 nitrogen and oxygen atoms in total. The summed E-state index contributed by atoms with van der Waals surface area (Å²) in [6, 6.07) is 7.41. The average Bonchev–Trinajstić information content (AvgIpc) is 2.13. The molecule has 1 aromatic rings. The molecule has 0 aliphatic rings. The van der Waals surface area contributed by atoms with Crippen molar-refractivity contribution < 1.29 is 8.42 Å². The van der Waals surface area contributed by atoms with E-state index in [2.05, 4.69) is 0 Å². The quantitative estimate of drug-likeness (QED) is 0.619. The second kappa shape index (κ2) is 5.54. The molecule has 0 unspecified atom stereocenters. The Hall–Kier alpha value is -0.510. The molecule has 0 aromatic heterocycles. The van der Waals surface area contributed by atoms with E-state index in [0.29, 0.717) is 11.4 Å². The summed E-state index contributed by atoms with van der Waals surface area (Å²) < 4.78 is 21.2. The normalized spacial score (nSPS) is 12.1. The van der Waals surface area contributed by atoms with Gasteiger partial charge in [0.15, 0.2) is 0 Å². The molecule has 0 N–H and O–H groups in total. The second-order valence-corrected chi connectivity index (χ2v) is 6.20. The summed E-state index contributed by atoms with van der Waals surface area (Å²) in [7, 11) is 1.60. The van der Waals surface area contributed by atoms with Gasteiger partial charge >= 0.3 is 0 Å². The van der Waals surface area contributed by atoms with Crippen molar-refractivity contribution in [2.24, 2.45) is 0 Å². The summed E-state index contributed by atoms with van der Waals surface area (Å²) in [5.41, 5.74) is 0.961. The molecule has 0 atom stereocenters. The molecule has 82 valence electrons. The van der Waals surface area contributed by atoms with Crippen molar-refractivity contribution in [3.05, 3.63) is 47.0 Å². The van der Waals surface area contributed by atoms with E-state index in [1.165, 1.54) is 6.08 Å². The first-order valence-corrected chi connectivity index (χ1v) is 7.15. The maximum Gasteiger partial charge on any atom is 0.236 e. The van der Waals surface area contributed by atoms with Crippen molar-refractivity contribution in [3.8, 4) is 0 Å². The van der Waals surface area contributed by atoms with E-state index in [9.17, 15) is 8.42 Å². The highest BCUT2D eigenvalue weighted by molar-refractivity contribution is 8.13. The molecular weight excluding hydrogens is 255 g/mol. The Balaban J connectivity index is 2.55. The van der Waals surface area contributed by atoms with E-state index < -0.39 is 9.05 Å². The van der Waals surface area contributed by atoms with Crippen molar-refractivity contribution in [3.63, 3.8) is 0 Å². The maximum atomic E-state index is 10.6. The van der Waals surface area contributed by atoms with E-state index in [4.69, 9.17) is 22.3 Å². The highest BCUT2D eigenvalue weighted by Crippen LogP contribution is 2.15. The number of hydrogen-bond acceptors (Lipinski definition) is 2. The van der Waals surface area contributed by atoms with Crippen LogP contribution in [0.5, 0.6) is 0 Å². The Morgan fingerprint density at radius 3 is 2.47 bits per heavy atom. The number of halogens is 2. The molecule has 0 amide bonds. The van der Waals surface area contributed by atoms with Crippen molar-refractivity contribution >= 4 is 31.3 Å². The Kier molecular flexibility index (Phi) is 4.64. The summed E-state index contributed by atoms with van der Waals surface area (Å²) in [5.74, 6) is -0.154. The van der Waals surface area contributed by atoms with Crippen LogP contribution in [0.2, 0.25) is 5.02 Å². The van der Waals surface area contributed by atoms with Gasteiger partial charge in [-0.2, -0.15) is 0 Å². The van der Waals surface area contributed by atoms with E-state index in [0.717, 1.165) is 5.56 Å². The molecule has 0 spiro atoms. The standard InChI is InChI=1S/C10H10Cl2O2S/c11-10-7-2-1-5-9(10)6-3-4-8-15(12,13)14/h1-5,7H,6,8H2/b4-3-. The van der Waals surface area contributed by atoms with E-state index >= 15 is 0 Å². The number of rotatable bonds is 4. The number of hydrogen-bond donors (Lipinski definition) is 0. The van der Waals surface area contributed by atoms with Gasteiger partial charge in [-0.25, -0.2) is 8.42 Å². The Morgan fingerprint density at radius 1 is 1.20 bits per heavy atom. The van der Waals surface area contributed by atoms with Gasteiger partial charge in [-0.3, -0.25) is 0 Å². The molecule has 5 heteroatoms. The summed E-state index contributed by atoms with van der Waals surface area (Å²) in [6.45, 7) is 0. The minimum absolute atomic E-state index is 0.154. The van der Waals surface area contributed by atoms with Gasteiger partial charge in [-0.15, -0.1) is 0 Å². The molecular formula is C10H10Cl2O2S. The molecule has 0 bridgehead atoms. The summed E-state index contributed by atoms with van der Waals surface area (Å²) in [4.78, 5) is 0. The molecule has 0 heterocycles. The Bertz CT molecular complexity index is 452. The van der Waals surface area contributed by atoms with Gasteiger partial charge in [0.2, 0.25) is 9.05 Å². The third-order valence-electron chi connectivity index (χ3n) is 1.76. The summed E-state index contributed by atoms with van der Waals surface area (Å²) in [6.07, 6.45) is 3.86. The minimum Gasteiger partial charge on any atom is -0.212 e. The predicted octanol–water partition coefficient (Wildman–Crippen LogP) is 3.01. The van der Waals surface area contributed by atoms with Crippen LogP contribution in [0.15, 0.2) is 36.4 Å². The minimum atomic E-state index is -3.44. The average molecular weight is 265 g/mol. The molecule has 1 aromatic carbocycles. The van der Waals surface area contributed by atoms with Crippen LogP contribution in [0.3, 0.4) is 0 Å². The van der Waals surface area contributed by atoms with Gasteiger partial charge < -0.3 is 0 Å². The van der Waals surface area contributed by atoms with E-state index in [1.807, 2.05) is 18.2 Å². The topological polar surface area (TPSA) is 34.1 Å². The highest BCUT2D eigenvalue weighted by Gasteiger charge is 2.00. The van der Waals surface area contributed by atoms with Crippen molar-refractivity contribution in [2.75, 3.05) is 5.75 Å². The Labute approximate surface area is 98.9 Å². The molecule has 0 radical (unpaired) electrons. The van der Waals surface area contributed by atoms with Crippen LogP contribution in [0.4, 0.5) is 0 Å². The molecule has 0 aliphatic carbocycles. The molecule has 1 rings (SSSR count). The number of benzene rings is 1. The van der Waals surface area contributed by atoms with Crippen molar-refractivity contribution in [1.82, 2.24) is 0 Å². The molecule has 0 saturated heterocycles. The first kappa shape index (κ1) is 12.6. The van der Waals surface area contributed by atoms with E-state index in [1.54, 1.807) is 12.1 Å². The lowest BCUT2D eigenvalue weighted by atomic mass is 10.1. The SMILES string of the molecule is O=S(=O)(Cl)C/C=C\Cc1ccccc1Cl. The van der Waals surface area contributed by atoms with Gasteiger partial charge in [0.05, 0.1) is 5.75 Å². The Morgan fingerprint density at radius 2 is 1.87 bits per heavy atom. The lowest BCUT2D eigenvalue weighted by molar-refractivity contribution is 0.612. The lowest BCUT2D eigenvalue weighted by Crippen LogP contribution is -1.92. The summed E-state index contributed by atoms with van der Waals surface area (Å²) >= 11 is 5.91. The number of allylic oxidation sites excluding steroid dienone is 1. The van der Waals surface area contributed by atoms with Gasteiger partial charge in [0.1, 0.15) is 0 Å². The van der Waals surface area contributed by atoms with Crippen LogP contribution in [-0.4, -0.2) is 14.2 Å². The lowest BCUT2D eigenvalue weighted by Gasteiger charge is -1.98. The zero-order chi connectivity index (χ0) is 11.3. The van der Waals surface area contributed by atoms with Crippen molar-refractivity contribution in [2.45, 2.75) is 6.42 Å². The third kappa shape index (κ3) is 5.21. The second-order valence-electron chi connectivity index (χ2n) is 2.97. The van der Waals surface area contributed by atoms with Crippen LogP contribution in [0, 0.1) is 0 Å².